The minimum absolute atomic E-state index is 0.216. The van der Waals surface area contributed by atoms with Crippen molar-refractivity contribution in [2.45, 2.75) is 52.8 Å². The average Bonchev–Trinajstić information content (AvgIpc) is 2.71. The van der Waals surface area contributed by atoms with Gasteiger partial charge in [-0.25, -0.2) is 4.79 Å². The fourth-order valence-corrected chi connectivity index (χ4v) is 2.86. The summed E-state index contributed by atoms with van der Waals surface area (Å²) >= 11 is 0. The maximum atomic E-state index is 12.5. The molecule has 1 N–H and O–H groups in total. The number of carbonyl (C=O) groups is 2. The lowest BCUT2D eigenvalue weighted by Gasteiger charge is -2.36. The molecular formula is C16H25N3O5. The molecule has 1 aliphatic rings. The number of hydrogen-bond donors (Lipinski definition) is 1. The van der Waals surface area contributed by atoms with Crippen LogP contribution >= 0.6 is 0 Å². The Bertz CT molecular complexity index is 632. The van der Waals surface area contributed by atoms with E-state index in [9.17, 15) is 9.59 Å². The first-order valence-corrected chi connectivity index (χ1v) is 7.93. The Morgan fingerprint density at radius 1 is 1.38 bits per heavy atom. The highest BCUT2D eigenvalue weighted by molar-refractivity contribution is 5.69. The number of hydrogen-bond acceptors (Lipinski definition) is 5. The molecule has 1 aromatic heterocycles. The first kappa shape index (κ1) is 18.3. The number of carboxylic acids is 1. The molecule has 0 unspecified atom stereocenters. The number of aliphatic carboxylic acids is 1. The average molecular weight is 339 g/mol. The minimum atomic E-state index is -0.962. The molecule has 0 aliphatic carbocycles. The van der Waals surface area contributed by atoms with E-state index in [4.69, 9.17) is 14.6 Å². The number of ether oxygens (including phenoxy) is 2. The molecule has 1 amide bonds. The number of aryl methyl sites for hydroxylation is 1. The van der Waals surface area contributed by atoms with Gasteiger partial charge in [-0.05, 0) is 34.6 Å². The molecule has 1 fully saturated rings. The molecule has 8 heteroatoms. The van der Waals surface area contributed by atoms with E-state index in [1.807, 2.05) is 27.7 Å². The third kappa shape index (κ3) is 4.05. The van der Waals surface area contributed by atoms with Crippen LogP contribution in [0.2, 0.25) is 0 Å². The monoisotopic (exact) mass is 339 g/mol. The molecule has 2 heterocycles. The third-order valence-corrected chi connectivity index (χ3v) is 3.81. The van der Waals surface area contributed by atoms with Gasteiger partial charge >= 0.3 is 12.1 Å². The van der Waals surface area contributed by atoms with Crippen LogP contribution in [-0.4, -0.2) is 57.2 Å². The van der Waals surface area contributed by atoms with Gasteiger partial charge in [0, 0.05) is 17.8 Å². The molecule has 1 aliphatic heterocycles. The lowest BCUT2D eigenvalue weighted by Crippen LogP contribution is -2.46. The number of nitrogens with zero attached hydrogens (tertiary/aromatic N) is 3. The number of amides is 1. The summed E-state index contributed by atoms with van der Waals surface area (Å²) in [6, 6.07) is -0.337. The Balaban J connectivity index is 2.32. The van der Waals surface area contributed by atoms with Crippen LogP contribution in [0.3, 0.4) is 0 Å². The van der Waals surface area contributed by atoms with Crippen molar-refractivity contribution < 1.29 is 24.2 Å². The van der Waals surface area contributed by atoms with Gasteiger partial charge in [0.2, 0.25) is 0 Å². The van der Waals surface area contributed by atoms with Crippen LogP contribution in [0, 0.1) is 13.8 Å². The summed E-state index contributed by atoms with van der Waals surface area (Å²) in [5, 5.41) is 13.3. The van der Waals surface area contributed by atoms with Gasteiger partial charge in [-0.3, -0.25) is 14.4 Å². The molecule has 1 aromatic rings. The second-order valence-electron chi connectivity index (χ2n) is 6.90. The van der Waals surface area contributed by atoms with E-state index in [0.29, 0.717) is 25.5 Å². The molecular weight excluding hydrogens is 314 g/mol. The van der Waals surface area contributed by atoms with Crippen LogP contribution in [-0.2, 0) is 20.8 Å². The molecule has 8 nitrogen and oxygen atoms in total. The summed E-state index contributed by atoms with van der Waals surface area (Å²) < 4.78 is 12.5. The highest BCUT2D eigenvalue weighted by atomic mass is 16.6. The van der Waals surface area contributed by atoms with Gasteiger partial charge in [-0.1, -0.05) is 0 Å². The van der Waals surface area contributed by atoms with Crippen LogP contribution in [0.15, 0.2) is 0 Å². The molecule has 0 spiro atoms. The van der Waals surface area contributed by atoms with E-state index in [1.165, 1.54) is 4.68 Å². The first-order valence-electron chi connectivity index (χ1n) is 7.93. The zero-order valence-corrected chi connectivity index (χ0v) is 14.8. The third-order valence-electron chi connectivity index (χ3n) is 3.81. The van der Waals surface area contributed by atoms with Gasteiger partial charge < -0.3 is 14.6 Å². The second kappa shape index (κ2) is 6.80. The van der Waals surface area contributed by atoms with E-state index in [0.717, 1.165) is 11.3 Å². The molecule has 0 radical (unpaired) electrons. The molecule has 2 rings (SSSR count). The summed E-state index contributed by atoms with van der Waals surface area (Å²) in [6.07, 6.45) is -0.402. The molecule has 24 heavy (non-hydrogen) atoms. The minimum Gasteiger partial charge on any atom is -0.480 e. The predicted molar refractivity (Wildman–Crippen MR) is 85.8 cm³/mol. The van der Waals surface area contributed by atoms with Crippen molar-refractivity contribution in [2.24, 2.45) is 0 Å². The Kier molecular flexibility index (Phi) is 5.17. The quantitative estimate of drug-likeness (QED) is 0.904. The molecule has 0 bridgehead atoms. The molecule has 1 saturated heterocycles. The molecule has 134 valence electrons. The lowest BCUT2D eigenvalue weighted by atomic mass is 10.0. The van der Waals surface area contributed by atoms with Crippen molar-refractivity contribution in [1.29, 1.82) is 0 Å². The van der Waals surface area contributed by atoms with Crippen LogP contribution in [0.1, 0.15) is 43.8 Å². The van der Waals surface area contributed by atoms with Gasteiger partial charge in [0.1, 0.15) is 12.1 Å². The van der Waals surface area contributed by atoms with Gasteiger partial charge in [-0.15, -0.1) is 0 Å². The van der Waals surface area contributed by atoms with Crippen LogP contribution < -0.4 is 0 Å². The maximum absolute atomic E-state index is 12.5. The summed E-state index contributed by atoms with van der Waals surface area (Å²) in [4.78, 5) is 25.1. The molecule has 1 atom stereocenters. The number of rotatable bonds is 3. The van der Waals surface area contributed by atoms with Gasteiger partial charge in [0.15, 0.2) is 0 Å². The zero-order chi connectivity index (χ0) is 18.1. The summed E-state index contributed by atoms with van der Waals surface area (Å²) in [5.41, 5.74) is 1.65. The Hall–Kier alpha value is -2.09. The smallest absolute Gasteiger partial charge is 0.410 e. The largest absolute Gasteiger partial charge is 0.480 e. The SMILES string of the molecule is Cc1nn(CC(=O)O)c(C)c1[C@H]1COCCN1C(=O)OC(C)(C)C. The number of carbonyl (C=O) groups excluding carboxylic acids is 1. The van der Waals surface area contributed by atoms with Crippen molar-refractivity contribution in [3.05, 3.63) is 17.0 Å². The van der Waals surface area contributed by atoms with E-state index in [2.05, 4.69) is 5.10 Å². The lowest BCUT2D eigenvalue weighted by molar-refractivity contribution is -0.137. The van der Waals surface area contributed by atoms with E-state index in [-0.39, 0.29) is 12.6 Å². The van der Waals surface area contributed by atoms with Crippen LogP contribution in [0.4, 0.5) is 4.79 Å². The van der Waals surface area contributed by atoms with Crippen molar-refractivity contribution in [3.63, 3.8) is 0 Å². The van der Waals surface area contributed by atoms with Crippen molar-refractivity contribution in [1.82, 2.24) is 14.7 Å². The topological polar surface area (TPSA) is 93.9 Å². The number of carboxylic acid groups (broad SMARTS) is 1. The van der Waals surface area contributed by atoms with Gasteiger partial charge in [0.25, 0.3) is 0 Å². The predicted octanol–water partition coefficient (Wildman–Crippen LogP) is 1.89. The molecule has 0 saturated carbocycles. The fourth-order valence-electron chi connectivity index (χ4n) is 2.86. The number of aromatic nitrogens is 2. The Morgan fingerprint density at radius 3 is 2.62 bits per heavy atom. The maximum Gasteiger partial charge on any atom is 0.410 e. The van der Waals surface area contributed by atoms with E-state index < -0.39 is 17.7 Å². The summed E-state index contributed by atoms with van der Waals surface area (Å²) in [6.45, 7) is 10.1. The normalized spacial score (nSPS) is 18.5. The van der Waals surface area contributed by atoms with E-state index in [1.54, 1.807) is 11.8 Å². The van der Waals surface area contributed by atoms with Crippen LogP contribution in [0.25, 0.3) is 0 Å². The second-order valence-corrected chi connectivity index (χ2v) is 6.90. The molecule has 0 aromatic carbocycles. The van der Waals surface area contributed by atoms with Crippen molar-refractivity contribution >= 4 is 12.1 Å². The zero-order valence-electron chi connectivity index (χ0n) is 14.8. The summed E-state index contributed by atoms with van der Waals surface area (Å²) in [5.74, 6) is -0.962. The standard InChI is InChI=1S/C16H25N3O5/c1-10-14(11(2)19(17-10)8-13(20)21)12-9-23-7-6-18(12)15(22)24-16(3,4)5/h12H,6-9H2,1-5H3,(H,20,21)/t12-/m1/s1. The van der Waals surface area contributed by atoms with Crippen LogP contribution in [0.5, 0.6) is 0 Å². The van der Waals surface area contributed by atoms with Gasteiger partial charge in [0.05, 0.1) is 24.9 Å². The highest BCUT2D eigenvalue weighted by Crippen LogP contribution is 2.30. The van der Waals surface area contributed by atoms with E-state index >= 15 is 0 Å². The Morgan fingerprint density at radius 2 is 2.04 bits per heavy atom. The van der Waals surface area contributed by atoms with Crippen molar-refractivity contribution in [2.75, 3.05) is 19.8 Å². The number of morpholine rings is 1. The van der Waals surface area contributed by atoms with Crippen molar-refractivity contribution in [3.8, 4) is 0 Å². The van der Waals surface area contributed by atoms with Gasteiger partial charge in [-0.2, -0.15) is 5.10 Å². The Labute approximate surface area is 141 Å². The highest BCUT2D eigenvalue weighted by Gasteiger charge is 2.35. The summed E-state index contributed by atoms with van der Waals surface area (Å²) in [7, 11) is 0. The first-order chi connectivity index (χ1) is 11.1. The fraction of sp³-hybridized carbons (Fsp3) is 0.688.